The Morgan fingerprint density at radius 2 is 1.92 bits per heavy atom. The first-order valence-corrected chi connectivity index (χ1v) is 10.4. The summed E-state index contributed by atoms with van der Waals surface area (Å²) in [6, 6.07) is 13.1. The summed E-state index contributed by atoms with van der Waals surface area (Å²) < 4.78 is 31.9. The lowest BCUT2D eigenvalue weighted by Gasteiger charge is -2.06. The van der Waals surface area contributed by atoms with Crippen molar-refractivity contribution in [2.45, 2.75) is 0 Å². The first-order chi connectivity index (χ1) is 12.5. The standard InChI is InChI=1S/C17H14N4O3S2/c1-26(22,23)21-13-4-2-3-12(8-13)20-17-18-9-15(24-17)11-5-6-14-16(7-11)25-10-19-14/h2-10,21H,1H3,(H,18,20). The zero-order valence-electron chi connectivity index (χ0n) is 13.6. The molecule has 0 fully saturated rings. The van der Waals surface area contributed by atoms with E-state index in [0.29, 0.717) is 23.1 Å². The number of benzene rings is 2. The van der Waals surface area contributed by atoms with Gasteiger partial charge in [0.25, 0.3) is 6.01 Å². The highest BCUT2D eigenvalue weighted by molar-refractivity contribution is 7.92. The molecular weight excluding hydrogens is 372 g/mol. The molecule has 9 heteroatoms. The normalized spacial score (nSPS) is 11.6. The number of hydrogen-bond donors (Lipinski definition) is 2. The van der Waals surface area contributed by atoms with Gasteiger partial charge in [-0.2, -0.15) is 0 Å². The Balaban J connectivity index is 1.56. The van der Waals surface area contributed by atoms with Crippen LogP contribution >= 0.6 is 11.3 Å². The van der Waals surface area contributed by atoms with Gasteiger partial charge in [-0.25, -0.2) is 18.4 Å². The SMILES string of the molecule is CS(=O)(=O)Nc1cccc(Nc2ncc(-c3ccc4ncsc4c3)o2)c1. The number of rotatable bonds is 5. The van der Waals surface area contributed by atoms with E-state index in [1.54, 1.807) is 47.3 Å². The van der Waals surface area contributed by atoms with Gasteiger partial charge in [-0.15, -0.1) is 11.3 Å². The third-order valence-electron chi connectivity index (χ3n) is 3.54. The van der Waals surface area contributed by atoms with Crippen LogP contribution in [0.25, 0.3) is 21.5 Å². The second-order valence-corrected chi connectivity index (χ2v) is 8.28. The summed E-state index contributed by atoms with van der Waals surface area (Å²) in [5, 5.41) is 3.03. The lowest BCUT2D eigenvalue weighted by Crippen LogP contribution is -2.09. The van der Waals surface area contributed by atoms with Crippen molar-refractivity contribution in [1.29, 1.82) is 0 Å². The minimum atomic E-state index is -3.33. The van der Waals surface area contributed by atoms with Crippen LogP contribution in [-0.2, 0) is 10.0 Å². The molecule has 0 saturated heterocycles. The van der Waals surface area contributed by atoms with E-state index in [9.17, 15) is 8.42 Å². The summed E-state index contributed by atoms with van der Waals surface area (Å²) in [5.41, 5.74) is 4.78. The van der Waals surface area contributed by atoms with Crippen LogP contribution in [-0.4, -0.2) is 24.6 Å². The monoisotopic (exact) mass is 386 g/mol. The molecule has 2 heterocycles. The third-order valence-corrected chi connectivity index (χ3v) is 4.94. The Labute approximate surface area is 153 Å². The van der Waals surface area contributed by atoms with Gasteiger partial charge in [0.15, 0.2) is 5.76 Å². The largest absolute Gasteiger partial charge is 0.423 e. The molecule has 0 atom stereocenters. The number of nitrogens with one attached hydrogen (secondary N) is 2. The van der Waals surface area contributed by atoms with Crippen LogP contribution in [0.2, 0.25) is 0 Å². The first-order valence-electron chi connectivity index (χ1n) is 7.61. The molecule has 2 aromatic heterocycles. The molecule has 0 aliphatic carbocycles. The van der Waals surface area contributed by atoms with Crippen molar-refractivity contribution in [3.8, 4) is 11.3 Å². The fourth-order valence-corrected chi connectivity index (χ4v) is 3.74. The Morgan fingerprint density at radius 3 is 2.77 bits per heavy atom. The van der Waals surface area contributed by atoms with Gasteiger partial charge in [0.2, 0.25) is 10.0 Å². The summed E-state index contributed by atoms with van der Waals surface area (Å²) in [6.07, 6.45) is 2.75. The van der Waals surface area contributed by atoms with Crippen molar-refractivity contribution < 1.29 is 12.8 Å². The number of thiazole rings is 1. The van der Waals surface area contributed by atoms with E-state index in [0.717, 1.165) is 22.0 Å². The summed E-state index contributed by atoms with van der Waals surface area (Å²) in [7, 11) is -3.33. The van der Waals surface area contributed by atoms with Crippen molar-refractivity contribution in [1.82, 2.24) is 9.97 Å². The molecule has 0 amide bonds. The third kappa shape index (κ3) is 3.68. The van der Waals surface area contributed by atoms with E-state index in [2.05, 4.69) is 20.0 Å². The van der Waals surface area contributed by atoms with Crippen LogP contribution in [0.5, 0.6) is 0 Å². The van der Waals surface area contributed by atoms with Crippen molar-refractivity contribution in [3.63, 3.8) is 0 Å². The smallest absolute Gasteiger partial charge is 0.299 e. The predicted octanol–water partition coefficient (Wildman–Crippen LogP) is 4.07. The summed E-state index contributed by atoms with van der Waals surface area (Å²) in [6.45, 7) is 0. The van der Waals surface area contributed by atoms with Crippen LogP contribution in [0.4, 0.5) is 17.4 Å². The molecule has 0 unspecified atom stereocenters. The molecule has 26 heavy (non-hydrogen) atoms. The second-order valence-electron chi connectivity index (χ2n) is 5.64. The molecule has 0 bridgehead atoms. The Hall–Kier alpha value is -2.91. The van der Waals surface area contributed by atoms with E-state index < -0.39 is 10.0 Å². The maximum atomic E-state index is 11.3. The molecule has 2 N–H and O–H groups in total. The molecule has 2 aromatic carbocycles. The lowest BCUT2D eigenvalue weighted by molar-refractivity contribution is 0.592. The molecule has 0 spiro atoms. The maximum Gasteiger partial charge on any atom is 0.299 e. The number of aromatic nitrogens is 2. The van der Waals surface area contributed by atoms with E-state index in [1.165, 1.54) is 0 Å². The van der Waals surface area contributed by atoms with Gasteiger partial charge in [-0.05, 0) is 36.4 Å². The van der Waals surface area contributed by atoms with Gasteiger partial charge in [0.1, 0.15) is 0 Å². The number of sulfonamides is 1. The first kappa shape index (κ1) is 16.6. The molecule has 0 saturated carbocycles. The quantitative estimate of drug-likeness (QED) is 0.537. The highest BCUT2D eigenvalue weighted by Crippen LogP contribution is 2.29. The average molecular weight is 386 g/mol. The van der Waals surface area contributed by atoms with Crippen LogP contribution in [0.3, 0.4) is 0 Å². The van der Waals surface area contributed by atoms with Gasteiger partial charge in [0, 0.05) is 11.3 Å². The van der Waals surface area contributed by atoms with Gasteiger partial charge < -0.3 is 9.73 Å². The minimum absolute atomic E-state index is 0.320. The lowest BCUT2D eigenvalue weighted by atomic mass is 10.2. The molecule has 132 valence electrons. The Kier molecular flexibility index (Phi) is 4.09. The number of anilines is 3. The zero-order valence-corrected chi connectivity index (χ0v) is 15.3. The molecule has 0 radical (unpaired) electrons. The Morgan fingerprint density at radius 1 is 1.08 bits per heavy atom. The minimum Gasteiger partial charge on any atom is -0.423 e. The molecular formula is C17H14N4O3S2. The zero-order chi connectivity index (χ0) is 18.1. The Bertz CT molecular complexity index is 1180. The van der Waals surface area contributed by atoms with Crippen LogP contribution in [0.1, 0.15) is 0 Å². The number of oxazole rings is 1. The van der Waals surface area contributed by atoms with E-state index in [1.807, 2.05) is 18.2 Å². The van der Waals surface area contributed by atoms with Crippen LogP contribution in [0.15, 0.2) is 58.6 Å². The highest BCUT2D eigenvalue weighted by atomic mass is 32.2. The maximum absolute atomic E-state index is 11.3. The van der Waals surface area contributed by atoms with E-state index >= 15 is 0 Å². The molecule has 7 nitrogen and oxygen atoms in total. The van der Waals surface area contributed by atoms with Crippen molar-refractivity contribution >= 4 is 49.0 Å². The molecule has 4 aromatic rings. The van der Waals surface area contributed by atoms with Gasteiger partial charge >= 0.3 is 0 Å². The van der Waals surface area contributed by atoms with Crippen molar-refractivity contribution in [2.75, 3.05) is 16.3 Å². The van der Waals surface area contributed by atoms with Crippen LogP contribution in [0, 0.1) is 0 Å². The number of hydrogen-bond acceptors (Lipinski definition) is 7. The fraction of sp³-hybridized carbons (Fsp3) is 0.0588. The number of fused-ring (bicyclic) bond motifs is 1. The van der Waals surface area contributed by atoms with Gasteiger partial charge in [-0.1, -0.05) is 6.07 Å². The second kappa shape index (κ2) is 6.43. The highest BCUT2D eigenvalue weighted by Gasteiger charge is 2.09. The predicted molar refractivity (Wildman–Crippen MR) is 103 cm³/mol. The van der Waals surface area contributed by atoms with Crippen LogP contribution < -0.4 is 10.0 Å². The summed E-state index contributed by atoms with van der Waals surface area (Å²) >= 11 is 1.57. The molecule has 0 aliphatic rings. The summed E-state index contributed by atoms with van der Waals surface area (Å²) in [4.78, 5) is 8.49. The fourth-order valence-electron chi connectivity index (χ4n) is 2.47. The molecule has 4 rings (SSSR count). The topological polar surface area (TPSA) is 97.1 Å². The average Bonchev–Trinajstić information content (AvgIpc) is 3.21. The van der Waals surface area contributed by atoms with Gasteiger partial charge in [0.05, 0.1) is 33.9 Å². The van der Waals surface area contributed by atoms with Crippen molar-refractivity contribution in [3.05, 3.63) is 54.2 Å². The molecule has 0 aliphatic heterocycles. The van der Waals surface area contributed by atoms with E-state index in [4.69, 9.17) is 4.42 Å². The van der Waals surface area contributed by atoms with Gasteiger partial charge in [-0.3, -0.25) is 4.72 Å². The van der Waals surface area contributed by atoms with E-state index in [-0.39, 0.29) is 0 Å². The summed E-state index contributed by atoms with van der Waals surface area (Å²) in [5.74, 6) is 0.633. The van der Waals surface area contributed by atoms with Crippen molar-refractivity contribution in [2.24, 2.45) is 0 Å². The number of nitrogens with zero attached hydrogens (tertiary/aromatic N) is 2.